The Labute approximate surface area is 120 Å². The van der Waals surface area contributed by atoms with Crippen LogP contribution in [0.25, 0.3) is 0 Å². The van der Waals surface area contributed by atoms with Gasteiger partial charge in [0.15, 0.2) is 0 Å². The van der Waals surface area contributed by atoms with Gasteiger partial charge >= 0.3 is 12.1 Å². The summed E-state index contributed by atoms with van der Waals surface area (Å²) in [6.45, 7) is -1.47. The first-order valence-electron chi connectivity index (χ1n) is 5.70. The van der Waals surface area contributed by atoms with Crippen LogP contribution in [-0.4, -0.2) is 39.7 Å². The summed E-state index contributed by atoms with van der Waals surface area (Å²) < 4.78 is 47.4. The minimum absolute atomic E-state index is 0.195. The van der Waals surface area contributed by atoms with Crippen molar-refractivity contribution in [1.29, 1.82) is 0 Å². The lowest BCUT2D eigenvalue weighted by molar-refractivity contribution is -0.136. The Morgan fingerprint density at radius 3 is 2.24 bits per heavy atom. The SMILES string of the molecule is O=C(O)Cc1ccc(S(=O)CC(=O)NCC(F)(F)F)cc1. The number of nitrogens with one attached hydrogen (secondary N) is 1. The lowest BCUT2D eigenvalue weighted by atomic mass is 10.2. The second kappa shape index (κ2) is 7.21. The van der Waals surface area contributed by atoms with Gasteiger partial charge in [0.2, 0.25) is 5.91 Å². The van der Waals surface area contributed by atoms with Crippen LogP contribution in [0.4, 0.5) is 13.2 Å². The number of carbonyl (C=O) groups excluding carboxylic acids is 1. The summed E-state index contributed by atoms with van der Waals surface area (Å²) in [5.74, 6) is -2.58. The third kappa shape index (κ3) is 6.89. The Bertz CT molecular complexity index is 542. The van der Waals surface area contributed by atoms with E-state index in [9.17, 15) is 27.0 Å². The van der Waals surface area contributed by atoms with Crippen molar-refractivity contribution in [2.24, 2.45) is 0 Å². The van der Waals surface area contributed by atoms with Gasteiger partial charge < -0.3 is 10.4 Å². The topological polar surface area (TPSA) is 83.5 Å². The number of benzene rings is 1. The molecule has 9 heteroatoms. The van der Waals surface area contributed by atoms with Gasteiger partial charge in [-0.2, -0.15) is 13.2 Å². The van der Waals surface area contributed by atoms with Crippen LogP contribution in [0.15, 0.2) is 29.2 Å². The molecule has 1 aromatic carbocycles. The van der Waals surface area contributed by atoms with Gasteiger partial charge in [0.25, 0.3) is 0 Å². The van der Waals surface area contributed by atoms with Crippen LogP contribution in [0.1, 0.15) is 5.56 Å². The number of aliphatic carboxylic acids is 1. The molecule has 0 fully saturated rings. The standard InChI is InChI=1S/C12H12F3NO4S/c13-12(14,15)7-16-10(17)6-21(20)9-3-1-8(2-4-9)5-11(18)19/h1-4H,5-7H2,(H,16,17)(H,18,19). The zero-order valence-corrected chi connectivity index (χ0v) is 11.5. The van der Waals surface area contributed by atoms with Crippen LogP contribution in [0.5, 0.6) is 0 Å². The van der Waals surface area contributed by atoms with E-state index in [2.05, 4.69) is 0 Å². The minimum Gasteiger partial charge on any atom is -0.481 e. The smallest absolute Gasteiger partial charge is 0.405 e. The van der Waals surface area contributed by atoms with Crippen LogP contribution >= 0.6 is 0 Å². The number of carbonyl (C=O) groups is 2. The zero-order valence-electron chi connectivity index (χ0n) is 10.6. The van der Waals surface area contributed by atoms with Gasteiger partial charge in [-0.15, -0.1) is 0 Å². The molecule has 21 heavy (non-hydrogen) atoms. The Kier molecular flexibility index (Phi) is 5.89. The molecule has 5 nitrogen and oxygen atoms in total. The summed E-state index contributed by atoms with van der Waals surface area (Å²) in [6, 6.07) is 5.64. The Morgan fingerprint density at radius 2 is 1.76 bits per heavy atom. The number of halogens is 3. The molecular weight excluding hydrogens is 311 g/mol. The summed E-state index contributed by atoms with van der Waals surface area (Å²) >= 11 is 0. The summed E-state index contributed by atoms with van der Waals surface area (Å²) in [5, 5.41) is 10.2. The van der Waals surface area contributed by atoms with Crippen molar-refractivity contribution in [2.75, 3.05) is 12.3 Å². The molecular formula is C12H12F3NO4S. The summed E-state index contributed by atoms with van der Waals surface area (Å²) in [6.07, 6.45) is -4.71. The molecule has 0 heterocycles. The number of hydrogen-bond acceptors (Lipinski definition) is 3. The van der Waals surface area contributed by atoms with E-state index in [4.69, 9.17) is 5.11 Å². The molecule has 0 bridgehead atoms. The van der Waals surface area contributed by atoms with Crippen LogP contribution in [0.3, 0.4) is 0 Å². The zero-order chi connectivity index (χ0) is 16.0. The molecule has 0 aliphatic rings. The van der Waals surface area contributed by atoms with Crippen LogP contribution in [0, 0.1) is 0 Å². The molecule has 0 aromatic heterocycles. The van der Waals surface area contributed by atoms with Gasteiger partial charge in [0.05, 0.1) is 17.2 Å². The second-order valence-corrected chi connectivity index (χ2v) is 5.55. The molecule has 0 aliphatic carbocycles. The number of amides is 1. The van der Waals surface area contributed by atoms with Crippen molar-refractivity contribution < 1.29 is 32.1 Å². The van der Waals surface area contributed by atoms with Crippen LogP contribution < -0.4 is 5.32 Å². The maximum atomic E-state index is 11.9. The number of carboxylic acid groups (broad SMARTS) is 1. The molecule has 2 N–H and O–H groups in total. The van der Waals surface area contributed by atoms with Crippen molar-refractivity contribution in [3.8, 4) is 0 Å². The molecule has 116 valence electrons. The second-order valence-electron chi connectivity index (χ2n) is 4.10. The van der Waals surface area contributed by atoms with Crippen molar-refractivity contribution in [3.05, 3.63) is 29.8 Å². The molecule has 1 aromatic rings. The number of rotatable bonds is 6. The largest absolute Gasteiger partial charge is 0.481 e. The maximum Gasteiger partial charge on any atom is 0.405 e. The first kappa shape index (κ1) is 17.2. The van der Waals surface area contributed by atoms with Gasteiger partial charge in [-0.05, 0) is 17.7 Å². The molecule has 0 radical (unpaired) electrons. The fourth-order valence-electron chi connectivity index (χ4n) is 1.39. The summed E-state index contributed by atoms with van der Waals surface area (Å²) in [4.78, 5) is 21.9. The molecule has 0 saturated heterocycles. The van der Waals surface area contributed by atoms with Gasteiger partial charge in [-0.3, -0.25) is 13.8 Å². The molecule has 1 amide bonds. The predicted molar refractivity (Wildman–Crippen MR) is 68.1 cm³/mol. The van der Waals surface area contributed by atoms with Crippen molar-refractivity contribution in [3.63, 3.8) is 0 Å². The maximum absolute atomic E-state index is 11.9. The summed E-state index contributed by atoms with van der Waals surface area (Å²) in [7, 11) is -1.79. The Hall–Kier alpha value is -1.90. The monoisotopic (exact) mass is 323 g/mol. The fourth-order valence-corrected chi connectivity index (χ4v) is 2.33. The van der Waals surface area contributed by atoms with Crippen molar-refractivity contribution in [1.82, 2.24) is 5.32 Å². The van der Waals surface area contributed by atoms with Crippen molar-refractivity contribution in [2.45, 2.75) is 17.5 Å². The average Bonchev–Trinajstić information content (AvgIpc) is 2.35. The molecule has 0 saturated carbocycles. The van der Waals surface area contributed by atoms with Crippen LogP contribution in [-0.2, 0) is 26.8 Å². The summed E-state index contributed by atoms with van der Waals surface area (Å²) in [5.41, 5.74) is 0.491. The normalized spacial score (nSPS) is 12.7. The van der Waals surface area contributed by atoms with E-state index < -0.39 is 41.1 Å². The van der Waals surface area contributed by atoms with E-state index >= 15 is 0 Å². The highest BCUT2D eigenvalue weighted by Gasteiger charge is 2.27. The number of hydrogen-bond donors (Lipinski definition) is 2. The highest BCUT2D eigenvalue weighted by molar-refractivity contribution is 7.85. The third-order valence-electron chi connectivity index (χ3n) is 2.29. The van der Waals surface area contributed by atoms with Gasteiger partial charge in [0.1, 0.15) is 12.3 Å². The third-order valence-corrected chi connectivity index (χ3v) is 3.61. The van der Waals surface area contributed by atoms with E-state index in [1.54, 1.807) is 5.32 Å². The van der Waals surface area contributed by atoms with E-state index in [0.29, 0.717) is 5.56 Å². The van der Waals surface area contributed by atoms with Gasteiger partial charge in [-0.1, -0.05) is 12.1 Å². The van der Waals surface area contributed by atoms with E-state index in [1.807, 2.05) is 0 Å². The first-order chi connectivity index (χ1) is 9.67. The minimum atomic E-state index is -4.52. The molecule has 1 unspecified atom stereocenters. The molecule has 1 atom stereocenters. The van der Waals surface area contributed by atoms with E-state index in [1.165, 1.54) is 24.3 Å². The van der Waals surface area contributed by atoms with E-state index in [0.717, 1.165) is 0 Å². The first-order valence-corrected chi connectivity index (χ1v) is 7.02. The lowest BCUT2D eigenvalue weighted by Crippen LogP contribution is -2.36. The quantitative estimate of drug-likeness (QED) is 0.821. The van der Waals surface area contributed by atoms with Crippen LogP contribution in [0.2, 0.25) is 0 Å². The molecule has 0 spiro atoms. The Morgan fingerprint density at radius 1 is 1.19 bits per heavy atom. The highest BCUT2D eigenvalue weighted by Crippen LogP contribution is 2.13. The van der Waals surface area contributed by atoms with Gasteiger partial charge in [-0.25, -0.2) is 0 Å². The predicted octanol–water partition coefficient (Wildman–Crippen LogP) is 1.10. The average molecular weight is 323 g/mol. The lowest BCUT2D eigenvalue weighted by Gasteiger charge is -2.08. The molecule has 0 aliphatic heterocycles. The number of carboxylic acids is 1. The van der Waals surface area contributed by atoms with Crippen molar-refractivity contribution >= 4 is 22.7 Å². The fraction of sp³-hybridized carbons (Fsp3) is 0.333. The Balaban J connectivity index is 2.55. The number of alkyl halides is 3. The highest BCUT2D eigenvalue weighted by atomic mass is 32.2. The van der Waals surface area contributed by atoms with E-state index in [-0.39, 0.29) is 11.3 Å². The van der Waals surface area contributed by atoms with Gasteiger partial charge in [0, 0.05) is 4.90 Å². The molecule has 1 rings (SSSR count).